The van der Waals surface area contributed by atoms with Crippen LogP contribution in [0, 0.1) is 0 Å². The molecule has 3 nitrogen and oxygen atoms in total. The van der Waals surface area contributed by atoms with E-state index in [2.05, 4.69) is 4.74 Å². The molecule has 0 aliphatic carbocycles. The Kier molecular flexibility index (Phi) is 6.88. The van der Waals surface area contributed by atoms with E-state index in [4.69, 9.17) is 0 Å². The third kappa shape index (κ3) is 6.43. The summed E-state index contributed by atoms with van der Waals surface area (Å²) >= 11 is 0. The second kappa shape index (κ2) is 9.33. The summed E-state index contributed by atoms with van der Waals surface area (Å²) in [6, 6.07) is 10.5. The van der Waals surface area contributed by atoms with Gasteiger partial charge in [-0.2, -0.15) is 13.2 Å². The monoisotopic (exact) mass is 372 g/mol. The second-order valence-electron chi connectivity index (χ2n) is 5.45. The summed E-state index contributed by atoms with van der Waals surface area (Å²) in [6.07, 6.45) is 3.32. The van der Waals surface area contributed by atoms with Crippen molar-refractivity contribution in [2.45, 2.75) is 6.92 Å². The minimum Gasteiger partial charge on any atom is -0.428 e. The fourth-order valence-corrected chi connectivity index (χ4v) is 2.03. The van der Waals surface area contributed by atoms with Crippen molar-refractivity contribution < 1.29 is 27.5 Å². The van der Waals surface area contributed by atoms with Crippen molar-refractivity contribution in [2.24, 2.45) is 0 Å². The fourth-order valence-electron chi connectivity index (χ4n) is 2.03. The van der Waals surface area contributed by atoms with Gasteiger partial charge >= 0.3 is 12.1 Å². The van der Waals surface area contributed by atoms with Gasteiger partial charge in [0.2, 0.25) is 0 Å². The van der Waals surface area contributed by atoms with Crippen molar-refractivity contribution >= 4 is 23.7 Å². The van der Waals surface area contributed by atoms with Crippen molar-refractivity contribution in [2.75, 3.05) is 0 Å². The smallest absolute Gasteiger partial charge is 0.344 e. The summed E-state index contributed by atoms with van der Waals surface area (Å²) in [4.78, 5) is 23.1. The Bertz CT molecular complexity index is 905. The minimum atomic E-state index is -2.53. The average molecular weight is 372 g/mol. The maximum Gasteiger partial charge on any atom is 0.344 e. The summed E-state index contributed by atoms with van der Waals surface area (Å²) in [6.45, 7) is 1.48. The lowest BCUT2D eigenvalue weighted by Crippen LogP contribution is -1.91. The number of allylic oxidation sites excluding steroid dienone is 2. The van der Waals surface area contributed by atoms with Crippen LogP contribution < -0.4 is 4.74 Å². The number of carbonyl (C=O) groups is 2. The van der Waals surface area contributed by atoms with Gasteiger partial charge in [0.1, 0.15) is 5.75 Å². The lowest BCUT2D eigenvalue weighted by Gasteiger charge is -2.01. The molecular weight excluding hydrogens is 357 g/mol. The summed E-state index contributed by atoms with van der Waals surface area (Å²) in [5, 5.41) is 0. The Hall–Kier alpha value is -3.41. The van der Waals surface area contributed by atoms with Crippen molar-refractivity contribution in [3.63, 3.8) is 0 Å². The molecule has 0 atom stereocenters. The van der Waals surface area contributed by atoms with Gasteiger partial charge in [0.25, 0.3) is 0 Å². The Morgan fingerprint density at radius 2 is 1.30 bits per heavy atom. The van der Waals surface area contributed by atoms with Crippen LogP contribution in [0.4, 0.5) is 13.2 Å². The minimum absolute atomic E-state index is 0.0328. The molecule has 0 radical (unpaired) electrons. The molecule has 6 heteroatoms. The van der Waals surface area contributed by atoms with Gasteiger partial charge < -0.3 is 4.74 Å². The molecule has 0 unspecified atom stereocenters. The second-order valence-corrected chi connectivity index (χ2v) is 5.45. The number of hydrogen-bond donors (Lipinski definition) is 0. The zero-order chi connectivity index (χ0) is 19.8. The van der Waals surface area contributed by atoms with E-state index in [1.54, 1.807) is 30.3 Å². The van der Waals surface area contributed by atoms with Crippen molar-refractivity contribution in [3.05, 3.63) is 89.5 Å². The van der Waals surface area contributed by atoms with E-state index < -0.39 is 12.1 Å². The van der Waals surface area contributed by atoms with Crippen LogP contribution in [0.15, 0.2) is 72.8 Å². The normalized spacial score (nSPS) is 11.0. The Balaban J connectivity index is 1.95. The molecule has 0 aromatic heterocycles. The first-order valence-corrected chi connectivity index (χ1v) is 7.85. The highest BCUT2D eigenvalue weighted by Crippen LogP contribution is 2.19. The van der Waals surface area contributed by atoms with Gasteiger partial charge in [-0.25, -0.2) is 0 Å². The average Bonchev–Trinajstić information content (AvgIpc) is 2.66. The lowest BCUT2D eigenvalue weighted by molar-refractivity contribution is -0.110. The molecule has 0 saturated heterocycles. The van der Waals surface area contributed by atoms with Crippen molar-refractivity contribution in [3.8, 4) is 5.75 Å². The van der Waals surface area contributed by atoms with Crippen LogP contribution in [0.3, 0.4) is 0 Å². The van der Waals surface area contributed by atoms with Crippen LogP contribution in [0.25, 0.3) is 12.2 Å². The van der Waals surface area contributed by atoms with Crippen molar-refractivity contribution in [1.29, 1.82) is 0 Å². The Morgan fingerprint density at radius 1 is 0.815 bits per heavy atom. The van der Waals surface area contributed by atoms with E-state index in [1.807, 2.05) is 0 Å². The van der Waals surface area contributed by atoms with Gasteiger partial charge in [0.05, 0.1) is 0 Å². The number of carbonyl (C=O) groups excluding carboxylic acids is 2. The Labute approximate surface area is 154 Å². The number of Topliss-reactive ketones (excluding diaryl/α,β-unsaturated/α-hetero) is 1. The highest BCUT2D eigenvalue weighted by atomic mass is 19.3. The maximum atomic E-state index is 12.7. The van der Waals surface area contributed by atoms with Gasteiger partial charge in [-0.1, -0.05) is 48.6 Å². The molecule has 27 heavy (non-hydrogen) atoms. The zero-order valence-electron chi connectivity index (χ0n) is 14.3. The van der Waals surface area contributed by atoms with E-state index >= 15 is 0 Å². The van der Waals surface area contributed by atoms with E-state index in [1.165, 1.54) is 49.4 Å². The summed E-state index contributed by atoms with van der Waals surface area (Å²) < 4.78 is 40.9. The van der Waals surface area contributed by atoms with E-state index in [-0.39, 0.29) is 17.3 Å². The third-order valence-corrected chi connectivity index (χ3v) is 3.43. The predicted octanol–water partition coefficient (Wildman–Crippen LogP) is 5.60. The number of benzene rings is 2. The SMILES string of the molecule is CC(=O)c1ccc(C=CC(=O)C=Cc2ccc(OC(F)=C(F)F)cc2)cc1. The van der Waals surface area contributed by atoms with Crippen LogP contribution in [-0.2, 0) is 4.79 Å². The molecule has 0 fully saturated rings. The molecule has 0 heterocycles. The lowest BCUT2D eigenvalue weighted by atomic mass is 10.1. The predicted molar refractivity (Wildman–Crippen MR) is 96.9 cm³/mol. The number of halogens is 3. The molecule has 2 aromatic carbocycles. The quantitative estimate of drug-likeness (QED) is 0.361. The molecule has 0 spiro atoms. The Morgan fingerprint density at radius 3 is 1.74 bits per heavy atom. The molecule has 138 valence electrons. The highest BCUT2D eigenvalue weighted by Gasteiger charge is 2.07. The molecule has 0 saturated carbocycles. The number of rotatable bonds is 7. The van der Waals surface area contributed by atoms with Gasteiger partial charge in [0.15, 0.2) is 11.6 Å². The molecule has 0 aliphatic rings. The number of ether oxygens (including phenoxy) is 1. The number of hydrogen-bond acceptors (Lipinski definition) is 3. The van der Waals surface area contributed by atoms with Crippen LogP contribution in [0.2, 0.25) is 0 Å². The zero-order valence-corrected chi connectivity index (χ0v) is 14.3. The molecule has 2 aromatic rings. The first-order valence-electron chi connectivity index (χ1n) is 7.85. The third-order valence-electron chi connectivity index (χ3n) is 3.43. The van der Waals surface area contributed by atoms with Crippen LogP contribution in [0.1, 0.15) is 28.4 Å². The molecule has 2 rings (SSSR count). The summed E-state index contributed by atoms with van der Waals surface area (Å²) in [5.74, 6) is -0.383. The first-order chi connectivity index (χ1) is 12.8. The maximum absolute atomic E-state index is 12.7. The topological polar surface area (TPSA) is 43.4 Å². The molecule has 0 N–H and O–H groups in total. The van der Waals surface area contributed by atoms with Crippen molar-refractivity contribution in [1.82, 2.24) is 0 Å². The molecule has 0 aliphatic heterocycles. The molecule has 0 amide bonds. The van der Waals surface area contributed by atoms with Crippen LogP contribution >= 0.6 is 0 Å². The summed E-state index contributed by atoms with van der Waals surface area (Å²) in [7, 11) is 0. The fraction of sp³-hybridized carbons (Fsp3) is 0.0476. The molecular formula is C21H15F3O3. The van der Waals surface area contributed by atoms with E-state index in [0.717, 1.165) is 5.56 Å². The van der Waals surface area contributed by atoms with E-state index in [9.17, 15) is 22.8 Å². The van der Waals surface area contributed by atoms with Gasteiger partial charge in [-0.3, -0.25) is 9.59 Å². The van der Waals surface area contributed by atoms with Crippen LogP contribution in [-0.4, -0.2) is 11.6 Å². The van der Waals surface area contributed by atoms with Gasteiger partial charge in [-0.05, 0) is 42.3 Å². The number of ketones is 2. The van der Waals surface area contributed by atoms with E-state index in [0.29, 0.717) is 11.1 Å². The first kappa shape index (κ1) is 19.9. The largest absolute Gasteiger partial charge is 0.428 e. The summed E-state index contributed by atoms with van der Waals surface area (Å²) in [5.41, 5.74) is 1.98. The highest BCUT2D eigenvalue weighted by molar-refractivity contribution is 6.04. The van der Waals surface area contributed by atoms with Crippen LogP contribution in [0.5, 0.6) is 5.75 Å². The molecule has 0 bridgehead atoms. The standard InChI is InChI=1S/C21H15F3O3/c1-14(25)17-8-2-15(3-9-17)4-10-18(26)11-5-16-6-12-19(13-7-16)27-21(24)20(22)23/h2-13H,1H3. The van der Waals surface area contributed by atoms with Gasteiger partial charge in [0, 0.05) is 5.56 Å². The van der Waals surface area contributed by atoms with Gasteiger partial charge in [-0.15, -0.1) is 0 Å².